The van der Waals surface area contributed by atoms with Gasteiger partial charge < -0.3 is 14.8 Å². The second-order valence-corrected chi connectivity index (χ2v) is 8.26. The summed E-state index contributed by atoms with van der Waals surface area (Å²) in [4.78, 5) is 13.2. The Kier molecular flexibility index (Phi) is 5.92. The van der Waals surface area contributed by atoms with Crippen LogP contribution in [0.25, 0.3) is 5.69 Å². The largest absolute Gasteiger partial charge is 0.382 e. The van der Waals surface area contributed by atoms with Crippen molar-refractivity contribution in [1.82, 2.24) is 15.1 Å². The number of methoxy groups -OCH3 is 1. The quantitative estimate of drug-likeness (QED) is 0.557. The van der Waals surface area contributed by atoms with Gasteiger partial charge in [-0.2, -0.15) is 5.10 Å². The molecule has 0 bridgehead atoms. The van der Waals surface area contributed by atoms with E-state index in [1.54, 1.807) is 7.11 Å². The number of benzene rings is 2. The fourth-order valence-electron chi connectivity index (χ4n) is 4.73. The number of amides is 2. The monoisotopic (exact) mass is 432 g/mol. The highest BCUT2D eigenvalue weighted by Crippen LogP contribution is 2.34. The summed E-state index contributed by atoms with van der Waals surface area (Å²) in [6.07, 6.45) is 3.57. The van der Waals surface area contributed by atoms with E-state index in [0.717, 1.165) is 54.0 Å². The van der Waals surface area contributed by atoms with Crippen LogP contribution < -0.4 is 10.6 Å². The average Bonchev–Trinajstić information content (AvgIpc) is 3.50. The lowest BCUT2D eigenvalue weighted by molar-refractivity contribution is 0.00643. The molecule has 0 aliphatic heterocycles. The first kappa shape index (κ1) is 20.7. The second-order valence-electron chi connectivity index (χ2n) is 8.26. The Morgan fingerprint density at radius 1 is 1.09 bits per heavy atom. The van der Waals surface area contributed by atoms with Gasteiger partial charge in [-0.05, 0) is 42.5 Å². The topological polar surface area (TPSA) is 77.4 Å². The number of ether oxygens (including phenoxy) is 2. The maximum atomic E-state index is 13.2. The van der Waals surface area contributed by atoms with Crippen LogP contribution in [0.1, 0.15) is 34.8 Å². The number of hydrogen-bond acceptors (Lipinski definition) is 4. The number of fused-ring (bicyclic) bond motifs is 2. The summed E-state index contributed by atoms with van der Waals surface area (Å²) in [7, 11) is 1.66. The molecule has 166 valence electrons. The SMILES string of the molecule is COCCO[C@H]1Cc2ccccc2[C@@H]1NC(=O)Nc1c2c(nn1-c1ccccc1)CCC2. The van der Waals surface area contributed by atoms with Crippen LogP contribution in [0.15, 0.2) is 54.6 Å². The number of para-hydroxylation sites is 1. The van der Waals surface area contributed by atoms with E-state index in [9.17, 15) is 4.79 Å². The van der Waals surface area contributed by atoms with E-state index < -0.39 is 0 Å². The molecule has 0 spiro atoms. The molecule has 1 aromatic heterocycles. The summed E-state index contributed by atoms with van der Waals surface area (Å²) >= 11 is 0. The molecule has 7 heteroatoms. The van der Waals surface area contributed by atoms with Crippen molar-refractivity contribution in [2.75, 3.05) is 25.6 Å². The molecule has 2 atom stereocenters. The molecule has 0 fully saturated rings. The first-order valence-electron chi connectivity index (χ1n) is 11.2. The van der Waals surface area contributed by atoms with Gasteiger partial charge in [0.1, 0.15) is 5.82 Å². The van der Waals surface area contributed by atoms with E-state index in [4.69, 9.17) is 14.6 Å². The van der Waals surface area contributed by atoms with Gasteiger partial charge in [-0.1, -0.05) is 42.5 Å². The lowest BCUT2D eigenvalue weighted by Gasteiger charge is -2.23. The summed E-state index contributed by atoms with van der Waals surface area (Å²) in [5.74, 6) is 0.754. The Labute approximate surface area is 187 Å². The molecule has 1 heterocycles. The molecule has 2 aliphatic rings. The third kappa shape index (κ3) is 4.01. The summed E-state index contributed by atoms with van der Waals surface area (Å²) in [5.41, 5.74) is 5.44. The number of aromatic nitrogens is 2. The van der Waals surface area contributed by atoms with Crippen LogP contribution in [-0.2, 0) is 28.7 Å². The number of nitrogens with one attached hydrogen (secondary N) is 2. The van der Waals surface area contributed by atoms with Gasteiger partial charge in [-0.25, -0.2) is 9.48 Å². The van der Waals surface area contributed by atoms with Gasteiger partial charge in [0.25, 0.3) is 0 Å². The van der Waals surface area contributed by atoms with E-state index in [-0.39, 0.29) is 18.2 Å². The summed E-state index contributed by atoms with van der Waals surface area (Å²) < 4.78 is 13.0. The predicted octanol–water partition coefficient (Wildman–Crippen LogP) is 3.81. The normalized spacial score (nSPS) is 18.9. The predicted molar refractivity (Wildman–Crippen MR) is 122 cm³/mol. The van der Waals surface area contributed by atoms with Crippen LogP contribution in [0.4, 0.5) is 10.6 Å². The molecule has 0 saturated carbocycles. The molecule has 32 heavy (non-hydrogen) atoms. The van der Waals surface area contributed by atoms with Crippen molar-refractivity contribution in [3.8, 4) is 5.69 Å². The minimum Gasteiger partial charge on any atom is -0.382 e. The standard InChI is InChI=1S/C25H28N4O3/c1-31-14-15-32-22-16-17-8-5-6-11-19(17)23(22)26-25(30)27-24-20-12-7-13-21(20)28-29(24)18-9-3-2-4-10-18/h2-6,8-11,22-23H,7,12-16H2,1H3,(H2,26,27,30)/t22-,23-/m0/s1. The third-order valence-corrected chi connectivity index (χ3v) is 6.23. The zero-order valence-electron chi connectivity index (χ0n) is 18.2. The number of anilines is 1. The number of carbonyl (C=O) groups is 1. The number of urea groups is 1. The van der Waals surface area contributed by atoms with Crippen LogP contribution in [0, 0.1) is 0 Å². The van der Waals surface area contributed by atoms with Crippen molar-refractivity contribution in [1.29, 1.82) is 0 Å². The van der Waals surface area contributed by atoms with Gasteiger partial charge in [-0.15, -0.1) is 0 Å². The van der Waals surface area contributed by atoms with Gasteiger partial charge in [0.15, 0.2) is 0 Å². The molecule has 3 aromatic rings. The highest BCUT2D eigenvalue weighted by molar-refractivity contribution is 5.90. The van der Waals surface area contributed by atoms with Crippen LogP contribution in [0.5, 0.6) is 0 Å². The van der Waals surface area contributed by atoms with E-state index in [1.165, 1.54) is 5.56 Å². The molecule has 7 nitrogen and oxygen atoms in total. The van der Waals surface area contributed by atoms with Crippen molar-refractivity contribution < 1.29 is 14.3 Å². The second kappa shape index (κ2) is 9.14. The highest BCUT2D eigenvalue weighted by atomic mass is 16.5. The molecule has 0 saturated heterocycles. The fourth-order valence-corrected chi connectivity index (χ4v) is 4.73. The fraction of sp³-hybridized carbons (Fsp3) is 0.360. The Morgan fingerprint density at radius 3 is 2.75 bits per heavy atom. The number of rotatable bonds is 7. The van der Waals surface area contributed by atoms with Crippen LogP contribution in [0.3, 0.4) is 0 Å². The first-order chi connectivity index (χ1) is 15.7. The Morgan fingerprint density at radius 2 is 1.91 bits per heavy atom. The van der Waals surface area contributed by atoms with E-state index in [2.05, 4.69) is 22.8 Å². The molecule has 0 unspecified atom stereocenters. The molecular formula is C25H28N4O3. The lowest BCUT2D eigenvalue weighted by Crippen LogP contribution is -2.38. The Bertz CT molecular complexity index is 1100. The Hall–Kier alpha value is -3.16. The molecule has 2 aromatic carbocycles. The zero-order valence-corrected chi connectivity index (χ0v) is 18.2. The maximum Gasteiger partial charge on any atom is 0.320 e. The minimum absolute atomic E-state index is 0.127. The van der Waals surface area contributed by atoms with E-state index >= 15 is 0 Å². The Balaban J connectivity index is 1.37. The van der Waals surface area contributed by atoms with Gasteiger partial charge in [-0.3, -0.25) is 5.32 Å². The number of carbonyl (C=O) groups excluding carboxylic acids is 1. The molecule has 0 radical (unpaired) electrons. The molecule has 2 aliphatic carbocycles. The number of aryl methyl sites for hydroxylation is 1. The molecular weight excluding hydrogens is 404 g/mol. The van der Waals surface area contributed by atoms with Gasteiger partial charge in [0.05, 0.1) is 36.7 Å². The summed E-state index contributed by atoms with van der Waals surface area (Å²) in [6, 6.07) is 17.6. The van der Waals surface area contributed by atoms with Crippen molar-refractivity contribution in [2.45, 2.75) is 37.8 Å². The van der Waals surface area contributed by atoms with Gasteiger partial charge in [0, 0.05) is 19.1 Å². The average molecular weight is 433 g/mol. The molecule has 2 amide bonds. The van der Waals surface area contributed by atoms with Crippen molar-refractivity contribution >= 4 is 11.8 Å². The van der Waals surface area contributed by atoms with Crippen LogP contribution in [-0.4, -0.2) is 42.2 Å². The number of hydrogen-bond donors (Lipinski definition) is 2. The third-order valence-electron chi connectivity index (χ3n) is 6.23. The maximum absolute atomic E-state index is 13.2. The lowest BCUT2D eigenvalue weighted by atomic mass is 10.1. The zero-order chi connectivity index (χ0) is 21.9. The number of nitrogens with zero attached hydrogens (tertiary/aromatic N) is 2. The van der Waals surface area contributed by atoms with E-state index in [0.29, 0.717) is 13.2 Å². The summed E-state index contributed by atoms with van der Waals surface area (Å²) in [6.45, 7) is 1.01. The smallest absolute Gasteiger partial charge is 0.320 e. The van der Waals surface area contributed by atoms with Crippen LogP contribution in [0.2, 0.25) is 0 Å². The minimum atomic E-state index is -0.251. The van der Waals surface area contributed by atoms with Crippen molar-refractivity contribution in [3.05, 3.63) is 77.0 Å². The summed E-state index contributed by atoms with van der Waals surface area (Å²) in [5, 5.41) is 11.1. The van der Waals surface area contributed by atoms with Gasteiger partial charge >= 0.3 is 6.03 Å². The molecule has 5 rings (SSSR count). The molecule has 2 N–H and O–H groups in total. The van der Waals surface area contributed by atoms with Crippen molar-refractivity contribution in [3.63, 3.8) is 0 Å². The van der Waals surface area contributed by atoms with Crippen molar-refractivity contribution in [2.24, 2.45) is 0 Å². The van der Waals surface area contributed by atoms with Crippen LogP contribution >= 0.6 is 0 Å². The van der Waals surface area contributed by atoms with E-state index in [1.807, 2.05) is 47.1 Å². The van der Waals surface area contributed by atoms with Gasteiger partial charge in [0.2, 0.25) is 0 Å². The highest BCUT2D eigenvalue weighted by Gasteiger charge is 2.34. The first-order valence-corrected chi connectivity index (χ1v) is 11.2.